The molecule has 3 atom stereocenters. The van der Waals surface area contributed by atoms with Gasteiger partial charge in [0.2, 0.25) is 0 Å². The fourth-order valence-electron chi connectivity index (χ4n) is 5.02. The van der Waals surface area contributed by atoms with Gasteiger partial charge in [0.15, 0.2) is 5.11 Å². The SMILES string of the molecule is Cc1cc([C@@H]2[C@@H](c3ccccn3)NC(=S)N2C[C@H]2CCCO2)c(C)n1-c1ccc(F)cc1. The van der Waals surface area contributed by atoms with E-state index in [2.05, 4.69) is 39.7 Å². The molecular weight excluding hydrogens is 423 g/mol. The summed E-state index contributed by atoms with van der Waals surface area (Å²) < 4.78 is 21.6. The molecule has 3 aromatic rings. The molecule has 5 nitrogen and oxygen atoms in total. The van der Waals surface area contributed by atoms with Crippen molar-refractivity contribution in [2.45, 2.75) is 44.9 Å². The molecule has 2 aliphatic heterocycles. The van der Waals surface area contributed by atoms with E-state index in [0.29, 0.717) is 0 Å². The Balaban J connectivity index is 1.58. The topological polar surface area (TPSA) is 42.3 Å². The van der Waals surface area contributed by atoms with E-state index in [4.69, 9.17) is 17.0 Å². The highest BCUT2D eigenvalue weighted by atomic mass is 32.1. The Bertz CT molecular complexity index is 1110. The Hall–Kier alpha value is -2.77. The summed E-state index contributed by atoms with van der Waals surface area (Å²) in [5.74, 6) is -0.236. The van der Waals surface area contributed by atoms with Gasteiger partial charge in [0.1, 0.15) is 5.82 Å². The van der Waals surface area contributed by atoms with E-state index in [1.54, 1.807) is 0 Å². The van der Waals surface area contributed by atoms with Crippen LogP contribution in [0.1, 0.15) is 47.6 Å². The van der Waals surface area contributed by atoms with E-state index < -0.39 is 0 Å². The number of nitrogens with zero attached hydrogens (tertiary/aromatic N) is 3. The van der Waals surface area contributed by atoms with Crippen molar-refractivity contribution in [1.29, 1.82) is 0 Å². The minimum Gasteiger partial charge on any atom is -0.376 e. The van der Waals surface area contributed by atoms with Crippen LogP contribution in [0.25, 0.3) is 5.69 Å². The number of aromatic nitrogens is 2. The molecule has 2 aliphatic rings. The minimum atomic E-state index is -0.236. The first kappa shape index (κ1) is 21.1. The maximum absolute atomic E-state index is 13.5. The van der Waals surface area contributed by atoms with Gasteiger partial charge in [0.05, 0.1) is 23.9 Å². The van der Waals surface area contributed by atoms with Gasteiger partial charge in [-0.2, -0.15) is 0 Å². The average molecular weight is 451 g/mol. The van der Waals surface area contributed by atoms with E-state index in [-0.39, 0.29) is 24.0 Å². The summed E-state index contributed by atoms with van der Waals surface area (Å²) in [6.45, 7) is 5.76. The van der Waals surface area contributed by atoms with Gasteiger partial charge in [-0.3, -0.25) is 4.98 Å². The Kier molecular flexibility index (Phi) is 5.69. The Morgan fingerprint density at radius 3 is 2.69 bits per heavy atom. The molecule has 1 N–H and O–H groups in total. The number of ether oxygens (including phenoxy) is 1. The first-order valence-corrected chi connectivity index (χ1v) is 11.5. The normalized spacial score (nSPS) is 23.0. The van der Waals surface area contributed by atoms with Crippen LogP contribution in [0, 0.1) is 19.7 Å². The molecule has 7 heteroatoms. The highest BCUT2D eigenvalue weighted by molar-refractivity contribution is 7.80. The van der Waals surface area contributed by atoms with Gasteiger partial charge in [0.25, 0.3) is 0 Å². The van der Waals surface area contributed by atoms with Crippen LogP contribution in [-0.2, 0) is 4.74 Å². The first-order valence-electron chi connectivity index (χ1n) is 11.1. The third kappa shape index (κ3) is 3.80. The molecule has 0 aliphatic carbocycles. The highest BCUT2D eigenvalue weighted by Gasteiger charge is 2.42. The monoisotopic (exact) mass is 450 g/mol. The number of aryl methyl sites for hydroxylation is 1. The lowest BCUT2D eigenvalue weighted by Crippen LogP contribution is -2.36. The summed E-state index contributed by atoms with van der Waals surface area (Å²) >= 11 is 5.80. The number of hydrogen-bond acceptors (Lipinski definition) is 3. The van der Waals surface area contributed by atoms with Crippen molar-refractivity contribution in [1.82, 2.24) is 19.8 Å². The third-order valence-corrected chi connectivity index (χ3v) is 6.85. The van der Waals surface area contributed by atoms with Crippen LogP contribution in [0.3, 0.4) is 0 Å². The highest BCUT2D eigenvalue weighted by Crippen LogP contribution is 2.41. The molecule has 0 amide bonds. The molecule has 0 spiro atoms. The molecule has 2 saturated heterocycles. The first-order chi connectivity index (χ1) is 15.5. The van der Waals surface area contributed by atoms with Gasteiger partial charge >= 0.3 is 0 Å². The lowest BCUT2D eigenvalue weighted by atomic mass is 9.96. The van der Waals surface area contributed by atoms with Gasteiger partial charge in [-0.05, 0) is 86.9 Å². The lowest BCUT2D eigenvalue weighted by Gasteiger charge is -2.30. The zero-order valence-corrected chi connectivity index (χ0v) is 19.1. The summed E-state index contributed by atoms with van der Waals surface area (Å²) in [5.41, 5.74) is 5.30. The second-order valence-electron chi connectivity index (χ2n) is 8.55. The molecule has 4 heterocycles. The average Bonchev–Trinajstić information content (AvgIpc) is 3.49. The molecule has 0 radical (unpaired) electrons. The Morgan fingerprint density at radius 1 is 1.19 bits per heavy atom. The number of nitrogens with one attached hydrogen (secondary N) is 1. The fraction of sp³-hybridized carbons (Fsp3) is 0.360. The number of rotatable bonds is 5. The molecule has 2 aromatic heterocycles. The van der Waals surface area contributed by atoms with Crippen LogP contribution in [0.5, 0.6) is 0 Å². The zero-order chi connectivity index (χ0) is 22.2. The number of thiocarbonyl (C=S) groups is 1. The summed E-state index contributed by atoms with van der Waals surface area (Å²) in [4.78, 5) is 6.90. The van der Waals surface area contributed by atoms with Crippen LogP contribution in [0.2, 0.25) is 0 Å². The van der Waals surface area contributed by atoms with Crippen LogP contribution < -0.4 is 5.32 Å². The van der Waals surface area contributed by atoms with Crippen molar-refractivity contribution in [2.24, 2.45) is 0 Å². The second-order valence-corrected chi connectivity index (χ2v) is 8.94. The maximum atomic E-state index is 13.5. The summed E-state index contributed by atoms with van der Waals surface area (Å²) in [6, 6.07) is 14.8. The van der Waals surface area contributed by atoms with Gasteiger partial charge in [-0.15, -0.1) is 0 Å². The summed E-state index contributed by atoms with van der Waals surface area (Å²) in [7, 11) is 0. The molecule has 0 bridgehead atoms. The van der Waals surface area contributed by atoms with Crippen LogP contribution in [0.4, 0.5) is 4.39 Å². The third-order valence-electron chi connectivity index (χ3n) is 6.50. The van der Waals surface area contributed by atoms with E-state index in [0.717, 1.165) is 53.9 Å². The summed E-state index contributed by atoms with van der Waals surface area (Å²) in [6.07, 6.45) is 4.14. The molecule has 1 aromatic carbocycles. The van der Waals surface area contributed by atoms with Crippen LogP contribution in [0.15, 0.2) is 54.7 Å². The predicted octanol–water partition coefficient (Wildman–Crippen LogP) is 4.78. The second kappa shape index (κ2) is 8.64. The number of benzene rings is 1. The number of halogens is 1. The van der Waals surface area contributed by atoms with E-state index >= 15 is 0 Å². The maximum Gasteiger partial charge on any atom is 0.170 e. The molecule has 2 fully saturated rings. The van der Waals surface area contributed by atoms with Crippen molar-refractivity contribution >= 4 is 17.3 Å². The standard InChI is InChI=1S/C25H27FN4OS/c1-16-14-21(17(2)30(16)19-10-8-18(26)9-11-19)24-23(22-7-3-4-12-27-22)28-25(32)29(24)15-20-6-5-13-31-20/h3-4,7-12,14,20,23-24H,5-6,13,15H2,1-2H3,(H,28,32)/t20-,23-,24-/m1/s1. The van der Waals surface area contributed by atoms with Crippen LogP contribution >= 0.6 is 12.2 Å². The van der Waals surface area contributed by atoms with Gasteiger partial charge in [-0.1, -0.05) is 6.07 Å². The van der Waals surface area contributed by atoms with Gasteiger partial charge < -0.3 is 19.5 Å². The number of pyridine rings is 1. The molecular formula is C25H27FN4OS. The van der Waals surface area contributed by atoms with E-state index in [1.807, 2.05) is 36.5 Å². The fourth-order valence-corrected chi connectivity index (χ4v) is 5.34. The van der Waals surface area contributed by atoms with Gasteiger partial charge in [0, 0.05) is 36.4 Å². The van der Waals surface area contributed by atoms with Crippen LogP contribution in [-0.4, -0.2) is 38.8 Å². The largest absolute Gasteiger partial charge is 0.376 e. The summed E-state index contributed by atoms with van der Waals surface area (Å²) in [5, 5.41) is 4.26. The lowest BCUT2D eigenvalue weighted by molar-refractivity contribution is 0.0842. The molecule has 0 saturated carbocycles. The molecule has 166 valence electrons. The van der Waals surface area contributed by atoms with E-state index in [9.17, 15) is 4.39 Å². The molecule has 5 rings (SSSR count). The predicted molar refractivity (Wildman–Crippen MR) is 126 cm³/mol. The molecule has 32 heavy (non-hydrogen) atoms. The molecule has 0 unspecified atom stereocenters. The van der Waals surface area contributed by atoms with Crippen molar-refractivity contribution in [3.63, 3.8) is 0 Å². The minimum absolute atomic E-state index is 0.0120. The Labute approximate surface area is 193 Å². The van der Waals surface area contributed by atoms with Crippen molar-refractivity contribution in [3.8, 4) is 5.69 Å². The van der Waals surface area contributed by atoms with Crippen molar-refractivity contribution < 1.29 is 9.13 Å². The van der Waals surface area contributed by atoms with E-state index in [1.165, 1.54) is 17.7 Å². The smallest absolute Gasteiger partial charge is 0.170 e. The van der Waals surface area contributed by atoms with Gasteiger partial charge in [-0.25, -0.2) is 4.39 Å². The zero-order valence-electron chi connectivity index (χ0n) is 18.3. The van der Waals surface area contributed by atoms with Crippen molar-refractivity contribution in [2.75, 3.05) is 13.2 Å². The van der Waals surface area contributed by atoms with Crippen molar-refractivity contribution in [3.05, 3.63) is 83.2 Å². The Morgan fingerprint density at radius 2 is 2.00 bits per heavy atom. The number of hydrogen-bond donors (Lipinski definition) is 1. The quantitative estimate of drug-likeness (QED) is 0.567.